The van der Waals surface area contributed by atoms with Crippen molar-refractivity contribution in [2.24, 2.45) is 0 Å². The zero-order valence-corrected chi connectivity index (χ0v) is 13.7. The van der Waals surface area contributed by atoms with Gasteiger partial charge in [-0.1, -0.05) is 0 Å². The zero-order chi connectivity index (χ0) is 18.8. The van der Waals surface area contributed by atoms with Crippen LogP contribution in [-0.2, 0) is 9.59 Å². The number of carboxylic acid groups (broad SMARTS) is 2. The van der Waals surface area contributed by atoms with Gasteiger partial charge in [-0.25, -0.2) is 9.59 Å². The molecule has 1 aliphatic heterocycles. The number of hydrogen-bond acceptors (Lipinski definition) is 7. The van der Waals surface area contributed by atoms with Gasteiger partial charge in [0.15, 0.2) is 12.2 Å². The van der Waals surface area contributed by atoms with Crippen LogP contribution in [0.15, 0.2) is 24.5 Å². The fourth-order valence-corrected chi connectivity index (χ4v) is 3.44. The van der Waals surface area contributed by atoms with Gasteiger partial charge in [-0.15, -0.1) is 0 Å². The van der Waals surface area contributed by atoms with Crippen molar-refractivity contribution in [3.8, 4) is 0 Å². The van der Waals surface area contributed by atoms with Gasteiger partial charge in [-0.3, -0.25) is 9.97 Å². The molecular weight excluding hydrogens is 342 g/mol. The third kappa shape index (κ3) is 3.50. The predicted octanol–water partition coefficient (Wildman–Crippen LogP) is -0.319. The van der Waals surface area contributed by atoms with Crippen molar-refractivity contribution in [2.75, 3.05) is 13.1 Å². The Bertz CT molecular complexity index is 776. The maximum absolute atomic E-state index is 9.77. The summed E-state index contributed by atoms with van der Waals surface area (Å²) in [6.45, 7) is 2.24. The average Bonchev–Trinajstić information content (AvgIpc) is 2.88. The SMILES string of the molecule is O=C(O)C(O)C(O)C(=O)O.c1cnc2cc3c(cc2n1)[C@@H]1CNC[C@H]3C1. The molecule has 4 rings (SSSR count). The number of hydrogen-bond donors (Lipinski definition) is 5. The molecular formula is C17H19N3O6. The van der Waals surface area contributed by atoms with Crippen LogP contribution < -0.4 is 5.32 Å². The Balaban J connectivity index is 0.000000172. The highest BCUT2D eigenvalue weighted by Gasteiger charge is 2.34. The molecule has 2 aliphatic rings. The molecule has 0 spiro atoms. The molecule has 26 heavy (non-hydrogen) atoms. The topological polar surface area (TPSA) is 153 Å². The van der Waals surface area contributed by atoms with E-state index in [1.54, 1.807) is 12.4 Å². The normalized spacial score (nSPS) is 22.7. The number of carboxylic acids is 2. The molecule has 2 heterocycles. The Morgan fingerprint density at radius 2 is 1.35 bits per heavy atom. The molecule has 1 aliphatic carbocycles. The van der Waals surface area contributed by atoms with E-state index in [0.29, 0.717) is 11.8 Å². The standard InChI is InChI=1S/C13H13N3.C4H6O6/c1-2-16-13-5-11-9-3-8(6-14-7-9)10(11)4-12(13)15-1;5-1(3(7)8)2(6)4(9)10/h1-2,4-5,8-9,14H,3,6-7H2;1-2,5-6H,(H,7,8)(H,9,10)/t8-,9+;. The fraction of sp³-hybridized carbons (Fsp3) is 0.412. The van der Waals surface area contributed by atoms with Gasteiger partial charge in [-0.05, 0) is 41.5 Å². The summed E-state index contributed by atoms with van der Waals surface area (Å²) in [5.41, 5.74) is 5.08. The highest BCUT2D eigenvalue weighted by molar-refractivity contribution is 5.83. The van der Waals surface area contributed by atoms with Crippen molar-refractivity contribution < 1.29 is 30.0 Å². The van der Waals surface area contributed by atoms with E-state index < -0.39 is 24.1 Å². The summed E-state index contributed by atoms with van der Waals surface area (Å²) in [4.78, 5) is 28.3. The Morgan fingerprint density at radius 1 is 0.923 bits per heavy atom. The van der Waals surface area contributed by atoms with E-state index in [1.165, 1.54) is 17.5 Å². The van der Waals surface area contributed by atoms with Crippen LogP contribution in [0.2, 0.25) is 0 Å². The lowest BCUT2D eigenvalue weighted by molar-refractivity contribution is -0.165. The van der Waals surface area contributed by atoms with E-state index in [0.717, 1.165) is 24.1 Å². The summed E-state index contributed by atoms with van der Waals surface area (Å²) in [5, 5.41) is 36.0. The monoisotopic (exact) mass is 361 g/mol. The number of aromatic nitrogens is 2. The quantitative estimate of drug-likeness (QED) is 0.495. The van der Waals surface area contributed by atoms with Crippen molar-refractivity contribution in [3.05, 3.63) is 35.7 Å². The van der Waals surface area contributed by atoms with Gasteiger partial charge in [0.1, 0.15) is 0 Å². The molecule has 2 aromatic rings. The molecule has 4 atom stereocenters. The third-order valence-electron chi connectivity index (χ3n) is 4.71. The highest BCUT2D eigenvalue weighted by atomic mass is 16.4. The number of aliphatic carboxylic acids is 2. The molecule has 0 amide bonds. The molecule has 0 saturated carbocycles. The molecule has 2 bridgehead atoms. The van der Waals surface area contributed by atoms with E-state index in [9.17, 15) is 9.59 Å². The largest absolute Gasteiger partial charge is 0.479 e. The lowest BCUT2D eigenvalue weighted by Crippen LogP contribution is -2.39. The van der Waals surface area contributed by atoms with E-state index in [2.05, 4.69) is 27.4 Å². The van der Waals surface area contributed by atoms with Gasteiger partial charge in [0.25, 0.3) is 0 Å². The lowest BCUT2D eigenvalue weighted by Gasteiger charge is -2.19. The highest BCUT2D eigenvalue weighted by Crippen LogP contribution is 2.44. The van der Waals surface area contributed by atoms with Gasteiger partial charge in [0.05, 0.1) is 11.0 Å². The second kappa shape index (κ2) is 7.32. The van der Waals surface area contributed by atoms with Crippen LogP contribution in [-0.4, -0.2) is 67.6 Å². The first-order valence-electron chi connectivity index (χ1n) is 8.15. The third-order valence-corrected chi connectivity index (χ3v) is 4.71. The first-order chi connectivity index (χ1) is 12.4. The number of carbonyl (C=O) groups is 2. The molecule has 2 unspecified atom stereocenters. The van der Waals surface area contributed by atoms with Crippen molar-refractivity contribution >= 4 is 23.0 Å². The number of fused-ring (bicyclic) bond motifs is 6. The van der Waals surface area contributed by atoms with Gasteiger partial charge < -0.3 is 25.7 Å². The second-order valence-electron chi connectivity index (χ2n) is 6.38. The Hall–Kier alpha value is -2.62. The minimum absolute atomic E-state index is 0.695. The summed E-state index contributed by atoms with van der Waals surface area (Å²) in [5.74, 6) is -2.15. The van der Waals surface area contributed by atoms with Gasteiger partial charge in [-0.2, -0.15) is 0 Å². The first-order valence-corrected chi connectivity index (χ1v) is 8.15. The van der Waals surface area contributed by atoms with Gasteiger partial charge in [0, 0.05) is 25.5 Å². The van der Waals surface area contributed by atoms with Crippen molar-refractivity contribution in [3.63, 3.8) is 0 Å². The maximum atomic E-state index is 9.77. The van der Waals surface area contributed by atoms with Crippen LogP contribution in [0.25, 0.3) is 11.0 Å². The molecule has 0 radical (unpaired) electrons. The summed E-state index contributed by atoms with van der Waals surface area (Å²) in [7, 11) is 0. The van der Waals surface area contributed by atoms with E-state index in [1.807, 2.05) is 0 Å². The van der Waals surface area contributed by atoms with E-state index in [-0.39, 0.29) is 0 Å². The predicted molar refractivity (Wildman–Crippen MR) is 89.8 cm³/mol. The molecule has 9 nitrogen and oxygen atoms in total. The van der Waals surface area contributed by atoms with Crippen LogP contribution in [0.1, 0.15) is 29.4 Å². The molecule has 1 aromatic carbocycles. The smallest absolute Gasteiger partial charge is 0.335 e. The van der Waals surface area contributed by atoms with Crippen LogP contribution in [0.5, 0.6) is 0 Å². The molecule has 9 heteroatoms. The first kappa shape index (κ1) is 18.2. The number of benzene rings is 1. The number of aliphatic hydroxyl groups excluding tert-OH is 2. The maximum Gasteiger partial charge on any atom is 0.335 e. The Kier molecular flexibility index (Phi) is 5.12. The molecule has 1 aromatic heterocycles. The number of piperidine rings is 1. The van der Waals surface area contributed by atoms with Crippen LogP contribution in [0.3, 0.4) is 0 Å². The second-order valence-corrected chi connectivity index (χ2v) is 6.38. The van der Waals surface area contributed by atoms with Crippen LogP contribution in [0, 0.1) is 0 Å². The van der Waals surface area contributed by atoms with Crippen LogP contribution in [0.4, 0.5) is 0 Å². The zero-order valence-electron chi connectivity index (χ0n) is 13.7. The molecule has 1 fully saturated rings. The fourth-order valence-electron chi connectivity index (χ4n) is 3.44. The summed E-state index contributed by atoms with van der Waals surface area (Å²) in [6.07, 6.45) is 0.316. The van der Waals surface area contributed by atoms with Gasteiger partial charge in [0.2, 0.25) is 0 Å². The average molecular weight is 361 g/mol. The van der Waals surface area contributed by atoms with Gasteiger partial charge >= 0.3 is 11.9 Å². The molecule has 5 N–H and O–H groups in total. The number of nitrogens with zero attached hydrogens (tertiary/aromatic N) is 2. The summed E-state index contributed by atoms with van der Waals surface area (Å²) >= 11 is 0. The Morgan fingerprint density at radius 3 is 1.73 bits per heavy atom. The minimum Gasteiger partial charge on any atom is -0.479 e. The van der Waals surface area contributed by atoms with E-state index >= 15 is 0 Å². The number of rotatable bonds is 3. The minimum atomic E-state index is -2.27. The number of nitrogens with one attached hydrogen (secondary N) is 1. The van der Waals surface area contributed by atoms with E-state index in [4.69, 9.17) is 20.4 Å². The molecule has 1 saturated heterocycles. The Labute approximate surface area is 148 Å². The lowest BCUT2D eigenvalue weighted by atomic mass is 9.98. The van der Waals surface area contributed by atoms with Crippen molar-refractivity contribution in [2.45, 2.75) is 30.5 Å². The summed E-state index contributed by atoms with van der Waals surface area (Å²) in [6, 6.07) is 4.49. The van der Waals surface area contributed by atoms with Crippen molar-refractivity contribution in [1.29, 1.82) is 0 Å². The summed E-state index contributed by atoms with van der Waals surface area (Å²) < 4.78 is 0. The van der Waals surface area contributed by atoms with Crippen LogP contribution >= 0.6 is 0 Å². The van der Waals surface area contributed by atoms with Crippen molar-refractivity contribution in [1.82, 2.24) is 15.3 Å². The molecule has 138 valence electrons. The number of aliphatic hydroxyl groups is 2.